The second-order valence-electron chi connectivity index (χ2n) is 5.46. The van der Waals surface area contributed by atoms with Gasteiger partial charge in [0.25, 0.3) is 5.56 Å². The normalized spacial score (nSPS) is 26.2. The fraction of sp³-hybridized carbons (Fsp3) is 0.750. The maximum absolute atomic E-state index is 11.6. The number of aromatic nitrogens is 2. The molecule has 0 aromatic carbocycles. The number of H-pyrrole nitrogens is 2. The first kappa shape index (κ1) is 17.5. The predicted octanol–water partition coefficient (Wildman–Crippen LogP) is -0.328. The van der Waals surface area contributed by atoms with Crippen molar-refractivity contribution in [1.82, 2.24) is 20.4 Å². The highest BCUT2D eigenvalue weighted by Gasteiger charge is 2.33. The average Bonchev–Trinajstić information content (AvgIpc) is 2.84. The molecule has 2 aliphatic heterocycles. The first-order valence-electron chi connectivity index (χ1n) is 6.60. The molecule has 0 amide bonds. The molecule has 0 aliphatic carbocycles. The summed E-state index contributed by atoms with van der Waals surface area (Å²) in [7, 11) is 0. The minimum absolute atomic E-state index is 0. The topological polar surface area (TPSA) is 84.2 Å². The molecule has 116 valence electrons. The van der Waals surface area contributed by atoms with Crippen molar-refractivity contribution in [2.24, 2.45) is 0 Å². The molecule has 1 aromatic rings. The van der Waals surface area contributed by atoms with Crippen LogP contribution in [-0.4, -0.2) is 58.5 Å². The molecule has 1 fully saturated rings. The lowest BCUT2D eigenvalue weighted by molar-refractivity contribution is 0.0220. The molecule has 1 unspecified atom stereocenters. The molecular formula is C12H22Cl2N4O2. The molecule has 6 nitrogen and oxygen atoms in total. The smallest absolute Gasteiger partial charge is 0.267 e. The number of halogens is 2. The van der Waals surface area contributed by atoms with E-state index in [1.165, 1.54) is 0 Å². The van der Waals surface area contributed by atoms with Crippen molar-refractivity contribution in [3.05, 3.63) is 21.6 Å². The molecule has 0 radical (unpaired) electrons. The lowest BCUT2D eigenvalue weighted by atomic mass is 10.0. The number of fused-ring (bicyclic) bond motifs is 1. The van der Waals surface area contributed by atoms with Gasteiger partial charge >= 0.3 is 0 Å². The van der Waals surface area contributed by atoms with Crippen molar-refractivity contribution >= 4 is 24.8 Å². The monoisotopic (exact) mass is 324 g/mol. The Hall–Kier alpha value is -0.530. The van der Waals surface area contributed by atoms with Gasteiger partial charge in [-0.1, -0.05) is 0 Å². The van der Waals surface area contributed by atoms with Crippen molar-refractivity contribution in [1.29, 1.82) is 0 Å². The average molecular weight is 325 g/mol. The summed E-state index contributed by atoms with van der Waals surface area (Å²) in [5.74, 6) is 0. The number of nitrogens with one attached hydrogen (secondary N) is 3. The van der Waals surface area contributed by atoms with Crippen molar-refractivity contribution in [2.45, 2.75) is 24.9 Å². The number of aliphatic hydroxyl groups is 1. The third-order valence-electron chi connectivity index (χ3n) is 4.06. The van der Waals surface area contributed by atoms with E-state index in [9.17, 15) is 9.90 Å². The summed E-state index contributed by atoms with van der Waals surface area (Å²) in [6.45, 7) is 4.00. The van der Waals surface area contributed by atoms with Gasteiger partial charge in [-0.25, -0.2) is 0 Å². The highest BCUT2D eigenvalue weighted by atomic mass is 35.5. The van der Waals surface area contributed by atoms with Crippen molar-refractivity contribution in [3.8, 4) is 0 Å². The van der Waals surface area contributed by atoms with E-state index in [0.717, 1.165) is 50.2 Å². The Kier molecular flexibility index (Phi) is 6.09. The fourth-order valence-electron chi connectivity index (χ4n) is 2.99. The Balaban J connectivity index is 0.000001000. The first-order chi connectivity index (χ1) is 8.66. The molecule has 1 atom stereocenters. The van der Waals surface area contributed by atoms with Gasteiger partial charge in [-0.05, 0) is 19.4 Å². The van der Waals surface area contributed by atoms with Gasteiger partial charge in [0, 0.05) is 43.9 Å². The van der Waals surface area contributed by atoms with E-state index in [1.54, 1.807) is 0 Å². The van der Waals surface area contributed by atoms with Crippen LogP contribution in [0, 0.1) is 0 Å². The van der Waals surface area contributed by atoms with Crippen LogP contribution in [0.5, 0.6) is 0 Å². The summed E-state index contributed by atoms with van der Waals surface area (Å²) >= 11 is 0. The zero-order valence-electron chi connectivity index (χ0n) is 11.3. The largest absolute Gasteiger partial charge is 0.387 e. The van der Waals surface area contributed by atoms with Crippen LogP contribution in [0.4, 0.5) is 0 Å². The highest BCUT2D eigenvalue weighted by Crippen LogP contribution is 2.18. The van der Waals surface area contributed by atoms with Gasteiger partial charge in [0.1, 0.15) is 0 Å². The maximum Gasteiger partial charge on any atom is 0.267 e. The minimum atomic E-state index is -0.593. The highest BCUT2D eigenvalue weighted by molar-refractivity contribution is 5.85. The van der Waals surface area contributed by atoms with Crippen molar-refractivity contribution < 1.29 is 5.11 Å². The Morgan fingerprint density at radius 1 is 1.20 bits per heavy atom. The molecule has 0 bridgehead atoms. The molecule has 20 heavy (non-hydrogen) atoms. The summed E-state index contributed by atoms with van der Waals surface area (Å²) < 4.78 is 0. The third-order valence-corrected chi connectivity index (χ3v) is 4.06. The summed E-state index contributed by atoms with van der Waals surface area (Å²) in [5.41, 5.74) is 1.32. The van der Waals surface area contributed by atoms with E-state index in [-0.39, 0.29) is 30.4 Å². The summed E-state index contributed by atoms with van der Waals surface area (Å²) in [4.78, 5) is 13.8. The Bertz CT molecular complexity index is 482. The maximum atomic E-state index is 11.6. The lowest BCUT2D eigenvalue weighted by Crippen LogP contribution is -2.45. The van der Waals surface area contributed by atoms with Crippen molar-refractivity contribution in [3.63, 3.8) is 0 Å². The summed E-state index contributed by atoms with van der Waals surface area (Å²) in [6.07, 6.45) is 2.42. The van der Waals surface area contributed by atoms with Crippen LogP contribution in [0.1, 0.15) is 17.7 Å². The molecule has 3 rings (SSSR count). The number of hydrogen-bond donors (Lipinski definition) is 4. The molecule has 3 heterocycles. The molecule has 0 saturated carbocycles. The van der Waals surface area contributed by atoms with Gasteiger partial charge in [0.2, 0.25) is 0 Å². The van der Waals surface area contributed by atoms with Gasteiger partial charge in [0.05, 0.1) is 5.60 Å². The zero-order valence-corrected chi connectivity index (χ0v) is 12.9. The standard InChI is InChI=1S/C12H20N4O2.2ClH/c17-11-9-1-5-16(6-2-10(9)14-15-11)8-12(18)3-4-13-7-12;;/h13,18H,1-8H2,(H2,14,15,17);2*1H. The van der Waals surface area contributed by atoms with Gasteiger partial charge in [-0.15, -0.1) is 24.8 Å². The molecule has 1 saturated heterocycles. The lowest BCUT2D eigenvalue weighted by Gasteiger charge is -2.29. The predicted molar refractivity (Wildman–Crippen MR) is 82.2 cm³/mol. The van der Waals surface area contributed by atoms with Gasteiger partial charge in [0.15, 0.2) is 0 Å². The van der Waals surface area contributed by atoms with Gasteiger partial charge in [-0.3, -0.25) is 14.8 Å². The molecule has 0 spiro atoms. The van der Waals surface area contributed by atoms with Crippen LogP contribution in [-0.2, 0) is 12.8 Å². The van der Waals surface area contributed by atoms with Crippen LogP contribution in [0.2, 0.25) is 0 Å². The Labute approximate surface area is 130 Å². The van der Waals surface area contributed by atoms with Crippen LogP contribution in [0.3, 0.4) is 0 Å². The molecule has 2 aliphatic rings. The first-order valence-corrected chi connectivity index (χ1v) is 6.60. The van der Waals surface area contributed by atoms with E-state index in [4.69, 9.17) is 0 Å². The van der Waals surface area contributed by atoms with E-state index < -0.39 is 5.60 Å². The van der Waals surface area contributed by atoms with E-state index in [1.807, 2.05) is 0 Å². The summed E-state index contributed by atoms with van der Waals surface area (Å²) in [6, 6.07) is 0. The van der Waals surface area contributed by atoms with Crippen molar-refractivity contribution in [2.75, 3.05) is 32.7 Å². The molecule has 1 aromatic heterocycles. The molecule has 8 heteroatoms. The number of aromatic amines is 2. The molecular weight excluding hydrogens is 303 g/mol. The van der Waals surface area contributed by atoms with Crippen LogP contribution >= 0.6 is 24.8 Å². The minimum Gasteiger partial charge on any atom is -0.387 e. The number of nitrogens with zero attached hydrogens (tertiary/aromatic N) is 1. The van der Waals surface area contributed by atoms with Gasteiger partial charge in [-0.2, -0.15) is 0 Å². The van der Waals surface area contributed by atoms with Crippen LogP contribution in [0.25, 0.3) is 0 Å². The van der Waals surface area contributed by atoms with E-state index in [2.05, 4.69) is 20.4 Å². The van der Waals surface area contributed by atoms with E-state index >= 15 is 0 Å². The Morgan fingerprint density at radius 2 is 1.95 bits per heavy atom. The Morgan fingerprint density at radius 3 is 2.65 bits per heavy atom. The quantitative estimate of drug-likeness (QED) is 0.600. The number of rotatable bonds is 2. The SMILES string of the molecule is Cl.Cl.O=c1[nH][nH]c2c1CCN(CC1(O)CCNC1)CC2. The van der Waals surface area contributed by atoms with Crippen LogP contribution in [0.15, 0.2) is 4.79 Å². The van der Waals surface area contributed by atoms with Gasteiger partial charge < -0.3 is 15.5 Å². The summed E-state index contributed by atoms with van der Waals surface area (Å²) in [5, 5.41) is 19.2. The zero-order chi connectivity index (χ0) is 12.6. The number of hydrogen-bond acceptors (Lipinski definition) is 4. The van der Waals surface area contributed by atoms with Crippen LogP contribution < -0.4 is 10.9 Å². The number of β-amino-alcohol motifs (C(OH)–C–C–N with tert-alkyl or cyclic N) is 1. The third kappa shape index (κ3) is 3.56. The second kappa shape index (κ2) is 6.95. The van der Waals surface area contributed by atoms with E-state index in [0.29, 0.717) is 13.1 Å². The fourth-order valence-corrected chi connectivity index (χ4v) is 2.99. The molecule has 4 N–H and O–H groups in total. The second-order valence-corrected chi connectivity index (χ2v) is 5.46.